The van der Waals surface area contributed by atoms with Crippen LogP contribution >= 0.6 is 11.8 Å². The van der Waals surface area contributed by atoms with Crippen molar-refractivity contribution in [2.24, 2.45) is 0 Å². The molecule has 6 heteroatoms. The van der Waals surface area contributed by atoms with E-state index in [4.69, 9.17) is 0 Å². The Morgan fingerprint density at radius 3 is 2.06 bits per heavy atom. The van der Waals surface area contributed by atoms with Crippen molar-refractivity contribution >= 4 is 17.7 Å². The maximum absolute atomic E-state index is 12.1. The fourth-order valence-corrected chi connectivity index (χ4v) is 5.00. The van der Waals surface area contributed by atoms with Crippen molar-refractivity contribution in [3.63, 3.8) is 0 Å². The number of phenolic OH excluding ortho intramolecular Hbond substituents is 3. The van der Waals surface area contributed by atoms with Gasteiger partial charge < -0.3 is 20.4 Å². The van der Waals surface area contributed by atoms with E-state index in [1.165, 1.54) is 61.7 Å². The molecule has 2 rings (SSSR count). The third-order valence-corrected chi connectivity index (χ3v) is 7.18. The van der Waals surface area contributed by atoms with Gasteiger partial charge in [0.15, 0.2) is 0 Å². The van der Waals surface area contributed by atoms with Crippen LogP contribution in [0.25, 0.3) is 0 Å². The van der Waals surface area contributed by atoms with Gasteiger partial charge in [-0.3, -0.25) is 4.79 Å². The van der Waals surface area contributed by atoms with E-state index in [2.05, 4.69) is 31.2 Å². The van der Waals surface area contributed by atoms with Gasteiger partial charge in [-0.2, -0.15) is 0 Å². The summed E-state index contributed by atoms with van der Waals surface area (Å²) in [5.41, 5.74) is 0.533. The minimum Gasteiger partial charge on any atom is -0.508 e. The van der Waals surface area contributed by atoms with Crippen molar-refractivity contribution in [3.8, 4) is 17.2 Å². The maximum atomic E-state index is 12.1. The van der Waals surface area contributed by atoms with Crippen molar-refractivity contribution in [2.45, 2.75) is 93.3 Å². The predicted molar refractivity (Wildman–Crippen MR) is 147 cm³/mol. The van der Waals surface area contributed by atoms with Gasteiger partial charge in [-0.15, -0.1) is 0 Å². The molecule has 5 nitrogen and oxygen atoms in total. The van der Waals surface area contributed by atoms with Gasteiger partial charge >= 0.3 is 5.97 Å². The van der Waals surface area contributed by atoms with Gasteiger partial charge in [0.2, 0.25) is 0 Å². The molecule has 1 unspecified atom stereocenters. The first kappa shape index (κ1) is 29.4. The molecule has 0 amide bonds. The van der Waals surface area contributed by atoms with Crippen molar-refractivity contribution in [1.82, 2.24) is 0 Å². The third kappa shape index (κ3) is 10.8. The number of carboxylic acids is 1. The number of aromatic hydroxyl groups is 3. The van der Waals surface area contributed by atoms with E-state index in [1.807, 2.05) is 0 Å². The maximum Gasteiger partial charge on any atom is 0.311 e. The lowest BCUT2D eigenvalue weighted by atomic mass is 9.92. The molecule has 0 aromatic heterocycles. The second-order valence-corrected chi connectivity index (χ2v) is 10.1. The molecule has 36 heavy (non-hydrogen) atoms. The van der Waals surface area contributed by atoms with Crippen LogP contribution in [0.4, 0.5) is 0 Å². The molecule has 1 atom stereocenters. The standard InChI is InChI=1S/C30H40O5S/c1-2-3-4-5-6-7-8-9-10-11-12-13-14-15-16-25(30(34)35)26-21-23(31)17-19-28(26)36-29-20-18-24(32)22-27(29)33/h6-7,9-10,17-22,25,31-33H,2-5,8,11-16H2,1H3,(H,34,35)/b7-6-,10-9-. The van der Waals surface area contributed by atoms with Crippen molar-refractivity contribution in [2.75, 3.05) is 0 Å². The van der Waals surface area contributed by atoms with Crippen molar-refractivity contribution in [3.05, 3.63) is 66.3 Å². The molecular weight excluding hydrogens is 472 g/mol. The number of carboxylic acid groups (broad SMARTS) is 1. The third-order valence-electron chi connectivity index (χ3n) is 6.02. The number of phenols is 3. The fourth-order valence-electron chi connectivity index (χ4n) is 4.01. The topological polar surface area (TPSA) is 98.0 Å². The zero-order chi connectivity index (χ0) is 26.2. The minimum atomic E-state index is -0.928. The van der Waals surface area contributed by atoms with Crippen LogP contribution < -0.4 is 0 Å². The molecule has 0 fully saturated rings. The molecule has 0 aliphatic heterocycles. The van der Waals surface area contributed by atoms with E-state index >= 15 is 0 Å². The van der Waals surface area contributed by atoms with E-state index in [0.29, 0.717) is 21.8 Å². The summed E-state index contributed by atoms with van der Waals surface area (Å²) in [7, 11) is 0. The Bertz CT molecular complexity index is 999. The average Bonchev–Trinajstić information content (AvgIpc) is 2.84. The quantitative estimate of drug-likeness (QED) is 0.125. The summed E-state index contributed by atoms with van der Waals surface area (Å²) in [6, 6.07) is 8.99. The van der Waals surface area contributed by atoms with Crippen LogP contribution in [0.1, 0.15) is 89.0 Å². The number of aliphatic carboxylic acids is 1. The highest BCUT2D eigenvalue weighted by atomic mass is 32.2. The summed E-state index contributed by atoms with van der Waals surface area (Å²) in [5, 5.41) is 39.6. The van der Waals surface area contributed by atoms with E-state index in [-0.39, 0.29) is 17.2 Å². The van der Waals surface area contributed by atoms with Gasteiger partial charge in [0.25, 0.3) is 0 Å². The Labute approximate surface area is 219 Å². The zero-order valence-electron chi connectivity index (χ0n) is 21.2. The van der Waals surface area contributed by atoms with Gasteiger partial charge in [-0.25, -0.2) is 0 Å². The van der Waals surface area contributed by atoms with Crippen LogP contribution in [0, 0.1) is 0 Å². The minimum absolute atomic E-state index is 0.0121. The molecular formula is C30H40O5S. The SMILES string of the molecule is CCCCC/C=C\C/C=C\CCCCCCC(C(=O)O)c1cc(O)ccc1Sc1ccc(O)cc1O. The second kappa shape index (κ2) is 16.7. The summed E-state index contributed by atoms with van der Waals surface area (Å²) in [6.07, 6.45) is 20.3. The normalized spacial score (nSPS) is 12.5. The first-order valence-electron chi connectivity index (χ1n) is 13.0. The smallest absolute Gasteiger partial charge is 0.311 e. The molecule has 0 spiro atoms. The summed E-state index contributed by atoms with van der Waals surface area (Å²) in [5.74, 6) is -1.79. The molecule has 0 aliphatic carbocycles. The highest BCUT2D eigenvalue weighted by molar-refractivity contribution is 7.99. The van der Waals surface area contributed by atoms with Gasteiger partial charge in [-0.05, 0) is 74.4 Å². The number of hydrogen-bond donors (Lipinski definition) is 4. The van der Waals surface area contributed by atoms with Crippen LogP contribution in [0.3, 0.4) is 0 Å². The molecule has 0 bridgehead atoms. The first-order chi connectivity index (χ1) is 17.4. The van der Waals surface area contributed by atoms with Gasteiger partial charge in [0.05, 0.1) is 10.8 Å². The molecule has 0 heterocycles. The molecule has 2 aromatic carbocycles. The molecule has 0 aliphatic rings. The first-order valence-corrected chi connectivity index (χ1v) is 13.8. The number of rotatable bonds is 17. The fraction of sp³-hybridized carbons (Fsp3) is 0.433. The molecule has 0 saturated heterocycles. The number of hydrogen-bond acceptors (Lipinski definition) is 5. The molecule has 196 valence electrons. The number of allylic oxidation sites excluding steroid dienone is 4. The van der Waals surface area contributed by atoms with E-state index in [0.717, 1.165) is 38.5 Å². The largest absolute Gasteiger partial charge is 0.508 e. The Balaban J connectivity index is 1.82. The Morgan fingerprint density at radius 1 is 0.806 bits per heavy atom. The average molecular weight is 513 g/mol. The van der Waals surface area contributed by atoms with E-state index in [9.17, 15) is 25.2 Å². The Hall–Kier alpha value is -2.86. The number of benzene rings is 2. The Morgan fingerprint density at radius 2 is 1.42 bits per heavy atom. The summed E-state index contributed by atoms with van der Waals surface area (Å²) in [4.78, 5) is 13.3. The Kier molecular flexibility index (Phi) is 13.7. The van der Waals surface area contributed by atoms with Crippen LogP contribution in [0.15, 0.2) is 70.5 Å². The predicted octanol–water partition coefficient (Wildman–Crippen LogP) is 8.55. The van der Waals surface area contributed by atoms with Crippen molar-refractivity contribution in [1.29, 1.82) is 0 Å². The van der Waals surface area contributed by atoms with Crippen LogP contribution in [0.2, 0.25) is 0 Å². The van der Waals surface area contributed by atoms with Gasteiger partial charge in [-0.1, -0.05) is 75.1 Å². The van der Waals surface area contributed by atoms with Gasteiger partial charge in [0, 0.05) is 11.0 Å². The lowest BCUT2D eigenvalue weighted by molar-refractivity contribution is -0.139. The zero-order valence-corrected chi connectivity index (χ0v) is 22.1. The summed E-state index contributed by atoms with van der Waals surface area (Å²) in [6.45, 7) is 2.22. The van der Waals surface area contributed by atoms with Crippen LogP contribution in [-0.2, 0) is 4.79 Å². The summed E-state index contributed by atoms with van der Waals surface area (Å²) >= 11 is 1.22. The van der Waals surface area contributed by atoms with Crippen LogP contribution in [0.5, 0.6) is 17.2 Å². The lowest BCUT2D eigenvalue weighted by Gasteiger charge is -2.17. The van der Waals surface area contributed by atoms with Crippen molar-refractivity contribution < 1.29 is 25.2 Å². The van der Waals surface area contributed by atoms with E-state index < -0.39 is 11.9 Å². The monoisotopic (exact) mass is 512 g/mol. The molecule has 2 aromatic rings. The molecule has 4 N–H and O–H groups in total. The molecule has 0 saturated carbocycles. The van der Waals surface area contributed by atoms with Crippen LogP contribution in [-0.4, -0.2) is 26.4 Å². The lowest BCUT2D eigenvalue weighted by Crippen LogP contribution is -2.12. The highest BCUT2D eigenvalue weighted by Gasteiger charge is 2.24. The highest BCUT2D eigenvalue weighted by Crippen LogP contribution is 2.41. The number of unbranched alkanes of at least 4 members (excludes halogenated alkanes) is 7. The van der Waals surface area contributed by atoms with Gasteiger partial charge in [0.1, 0.15) is 17.2 Å². The van der Waals surface area contributed by atoms with E-state index in [1.54, 1.807) is 12.1 Å². The second-order valence-electron chi connectivity index (χ2n) is 9.03. The number of carbonyl (C=O) groups is 1. The summed E-state index contributed by atoms with van der Waals surface area (Å²) < 4.78 is 0. The molecule has 0 radical (unpaired) electrons.